The smallest absolute Gasteiger partial charge is 0.00960 e. The lowest BCUT2D eigenvalue weighted by Crippen LogP contribution is -2.37. The Morgan fingerprint density at radius 2 is 2.00 bits per heavy atom. The molecule has 17 heavy (non-hydrogen) atoms. The van der Waals surface area contributed by atoms with Gasteiger partial charge in [0, 0.05) is 6.04 Å². The predicted molar refractivity (Wildman–Crippen MR) is 76.9 cm³/mol. The summed E-state index contributed by atoms with van der Waals surface area (Å²) >= 11 is 0. The fraction of sp³-hybridized carbons (Fsp3) is 0.875. The highest BCUT2D eigenvalue weighted by Crippen LogP contribution is 2.41. The van der Waals surface area contributed by atoms with Crippen molar-refractivity contribution < 1.29 is 0 Å². The summed E-state index contributed by atoms with van der Waals surface area (Å²) < 4.78 is 0. The molecule has 1 fully saturated rings. The molecule has 0 radical (unpaired) electrons. The topological polar surface area (TPSA) is 26.0 Å². The van der Waals surface area contributed by atoms with Crippen molar-refractivity contribution in [3.63, 3.8) is 0 Å². The van der Waals surface area contributed by atoms with Crippen LogP contribution in [0.15, 0.2) is 12.2 Å². The van der Waals surface area contributed by atoms with Gasteiger partial charge in [0.05, 0.1) is 0 Å². The summed E-state index contributed by atoms with van der Waals surface area (Å²) in [4.78, 5) is 0. The molecule has 0 aromatic rings. The minimum atomic E-state index is 0.291. The molecular weight excluding hydrogens is 206 g/mol. The van der Waals surface area contributed by atoms with Crippen molar-refractivity contribution in [1.82, 2.24) is 0 Å². The van der Waals surface area contributed by atoms with E-state index in [9.17, 15) is 0 Å². The highest BCUT2D eigenvalue weighted by Gasteiger charge is 2.35. The van der Waals surface area contributed by atoms with Gasteiger partial charge in [-0.15, -0.1) is 0 Å². The number of allylic oxidation sites excluding steroid dienone is 1. The number of nitrogens with two attached hydrogens (primary N) is 1. The van der Waals surface area contributed by atoms with E-state index in [1.54, 1.807) is 0 Å². The molecule has 100 valence electrons. The Morgan fingerprint density at radius 3 is 2.59 bits per heavy atom. The van der Waals surface area contributed by atoms with Crippen molar-refractivity contribution in [3.8, 4) is 0 Å². The first-order valence-corrected chi connectivity index (χ1v) is 7.30. The second-order valence-electron chi connectivity index (χ2n) is 6.83. The van der Waals surface area contributed by atoms with Gasteiger partial charge in [0.25, 0.3) is 0 Å². The molecule has 0 aromatic carbocycles. The van der Waals surface area contributed by atoms with Crippen LogP contribution in [0.2, 0.25) is 0 Å². The molecule has 0 aromatic heterocycles. The molecule has 1 saturated carbocycles. The maximum absolute atomic E-state index is 6.39. The van der Waals surface area contributed by atoms with Crippen molar-refractivity contribution in [3.05, 3.63) is 12.2 Å². The quantitative estimate of drug-likeness (QED) is 0.564. The molecule has 2 N–H and O–H groups in total. The van der Waals surface area contributed by atoms with E-state index in [-0.39, 0.29) is 0 Å². The fourth-order valence-corrected chi connectivity index (χ4v) is 3.28. The van der Waals surface area contributed by atoms with E-state index >= 15 is 0 Å². The van der Waals surface area contributed by atoms with Gasteiger partial charge in [-0.2, -0.15) is 0 Å². The van der Waals surface area contributed by atoms with Crippen LogP contribution < -0.4 is 5.73 Å². The molecule has 1 rings (SSSR count). The third-order valence-electron chi connectivity index (χ3n) is 4.53. The Balaban J connectivity index is 2.65. The number of hydrogen-bond acceptors (Lipinski definition) is 1. The van der Waals surface area contributed by atoms with Gasteiger partial charge >= 0.3 is 0 Å². The predicted octanol–water partition coefficient (Wildman–Crippen LogP) is 4.52. The van der Waals surface area contributed by atoms with Crippen LogP contribution in [0.4, 0.5) is 0 Å². The van der Waals surface area contributed by atoms with E-state index in [2.05, 4.69) is 34.3 Å². The summed E-state index contributed by atoms with van der Waals surface area (Å²) in [7, 11) is 0. The van der Waals surface area contributed by atoms with E-state index in [4.69, 9.17) is 5.73 Å². The van der Waals surface area contributed by atoms with Crippen LogP contribution >= 0.6 is 0 Å². The summed E-state index contributed by atoms with van der Waals surface area (Å²) in [5.74, 6) is 1.44. The molecule has 0 aliphatic heterocycles. The first-order valence-electron chi connectivity index (χ1n) is 7.30. The van der Waals surface area contributed by atoms with Crippen LogP contribution in [-0.2, 0) is 0 Å². The molecule has 0 spiro atoms. The molecule has 0 amide bonds. The van der Waals surface area contributed by atoms with Gasteiger partial charge in [0.1, 0.15) is 0 Å². The van der Waals surface area contributed by atoms with Crippen molar-refractivity contribution in [1.29, 1.82) is 0 Å². The minimum absolute atomic E-state index is 0.291. The van der Waals surface area contributed by atoms with E-state index < -0.39 is 0 Å². The number of unbranched alkanes of at least 4 members (excludes halogenated alkanes) is 1. The van der Waals surface area contributed by atoms with Gasteiger partial charge in [-0.05, 0) is 49.4 Å². The SMILES string of the molecule is C=C(CCCC)C1CC(C)CC(C)(C)C(N)C1. The van der Waals surface area contributed by atoms with E-state index in [1.807, 2.05) is 0 Å². The molecule has 3 atom stereocenters. The first kappa shape index (κ1) is 14.8. The Morgan fingerprint density at radius 1 is 1.35 bits per heavy atom. The normalized spacial score (nSPS) is 33.1. The van der Waals surface area contributed by atoms with E-state index in [1.165, 1.54) is 37.7 Å². The zero-order valence-corrected chi connectivity index (χ0v) is 12.3. The second kappa shape index (κ2) is 6.04. The van der Waals surface area contributed by atoms with Gasteiger partial charge in [-0.25, -0.2) is 0 Å². The van der Waals surface area contributed by atoms with Gasteiger partial charge in [-0.3, -0.25) is 0 Å². The van der Waals surface area contributed by atoms with Crippen LogP contribution in [-0.4, -0.2) is 6.04 Å². The van der Waals surface area contributed by atoms with Crippen LogP contribution in [0.5, 0.6) is 0 Å². The summed E-state index contributed by atoms with van der Waals surface area (Å²) in [5.41, 5.74) is 8.13. The monoisotopic (exact) mass is 237 g/mol. The second-order valence-corrected chi connectivity index (χ2v) is 6.83. The molecule has 3 unspecified atom stereocenters. The Labute approximate surface area is 108 Å². The fourth-order valence-electron chi connectivity index (χ4n) is 3.28. The number of rotatable bonds is 4. The zero-order valence-electron chi connectivity index (χ0n) is 12.3. The summed E-state index contributed by atoms with van der Waals surface area (Å²) in [6, 6.07) is 0.329. The minimum Gasteiger partial charge on any atom is -0.327 e. The average Bonchev–Trinajstić information content (AvgIpc) is 2.32. The molecule has 1 aliphatic rings. The molecule has 1 heteroatoms. The standard InChI is InChI=1S/C16H31N/c1-6-7-8-13(3)14-9-12(2)11-16(4,5)15(17)10-14/h12,14-15H,3,6-11,17H2,1-2,4-5H3. The molecule has 0 heterocycles. The van der Waals surface area contributed by atoms with Gasteiger partial charge in [0.15, 0.2) is 0 Å². The molecule has 1 nitrogen and oxygen atoms in total. The third-order valence-corrected chi connectivity index (χ3v) is 4.53. The summed E-state index contributed by atoms with van der Waals surface area (Å²) in [6.45, 7) is 13.6. The van der Waals surface area contributed by atoms with Crippen molar-refractivity contribution in [2.75, 3.05) is 0 Å². The highest BCUT2D eigenvalue weighted by atomic mass is 14.7. The van der Waals surface area contributed by atoms with Gasteiger partial charge < -0.3 is 5.73 Å². The van der Waals surface area contributed by atoms with Crippen LogP contribution in [0, 0.1) is 17.3 Å². The van der Waals surface area contributed by atoms with Crippen molar-refractivity contribution in [2.45, 2.75) is 72.3 Å². The first-order chi connectivity index (χ1) is 7.86. The molecular formula is C16H31N. The van der Waals surface area contributed by atoms with Crippen molar-refractivity contribution >= 4 is 0 Å². The third kappa shape index (κ3) is 4.13. The van der Waals surface area contributed by atoms with Crippen LogP contribution in [0.3, 0.4) is 0 Å². The maximum Gasteiger partial charge on any atom is 0.00960 e. The van der Waals surface area contributed by atoms with Gasteiger partial charge in [0.2, 0.25) is 0 Å². The van der Waals surface area contributed by atoms with Crippen LogP contribution in [0.25, 0.3) is 0 Å². The average molecular weight is 237 g/mol. The van der Waals surface area contributed by atoms with E-state index in [0.29, 0.717) is 17.4 Å². The van der Waals surface area contributed by atoms with Crippen molar-refractivity contribution in [2.24, 2.45) is 23.0 Å². The molecule has 1 aliphatic carbocycles. The summed E-state index contributed by atoms with van der Waals surface area (Å²) in [6.07, 6.45) is 7.42. The summed E-state index contributed by atoms with van der Waals surface area (Å²) in [5, 5.41) is 0. The Hall–Kier alpha value is -0.300. The number of hydrogen-bond donors (Lipinski definition) is 1. The zero-order chi connectivity index (χ0) is 13.1. The van der Waals surface area contributed by atoms with Gasteiger partial charge in [-0.1, -0.05) is 46.3 Å². The molecule has 0 saturated heterocycles. The lowest BCUT2D eigenvalue weighted by atomic mass is 9.78. The Bertz CT molecular complexity index is 254. The maximum atomic E-state index is 6.39. The van der Waals surface area contributed by atoms with Crippen LogP contribution in [0.1, 0.15) is 66.2 Å². The Kier molecular flexibility index (Phi) is 5.24. The highest BCUT2D eigenvalue weighted by molar-refractivity contribution is 5.05. The largest absolute Gasteiger partial charge is 0.327 e. The van der Waals surface area contributed by atoms with E-state index in [0.717, 1.165) is 12.3 Å². The lowest BCUT2D eigenvalue weighted by molar-refractivity contribution is 0.239. The lowest BCUT2D eigenvalue weighted by Gasteiger charge is -2.31. The molecule has 0 bridgehead atoms.